The summed E-state index contributed by atoms with van der Waals surface area (Å²) >= 11 is 0. The Balaban J connectivity index is 1.51. The summed E-state index contributed by atoms with van der Waals surface area (Å²) in [6, 6.07) is 18.1. The average molecular weight is 377 g/mol. The van der Waals surface area contributed by atoms with E-state index in [1.165, 1.54) is 30.4 Å². The Morgan fingerprint density at radius 1 is 1.14 bits per heavy atom. The number of rotatable bonds is 7. The highest BCUT2D eigenvalue weighted by Crippen LogP contribution is 2.20. The summed E-state index contributed by atoms with van der Waals surface area (Å²) < 4.78 is 0. The van der Waals surface area contributed by atoms with Gasteiger partial charge in [-0.1, -0.05) is 30.7 Å². The van der Waals surface area contributed by atoms with Crippen LogP contribution >= 0.6 is 0 Å². The molecular formula is C23H28N4O. The lowest BCUT2D eigenvalue weighted by Gasteiger charge is -2.33. The summed E-state index contributed by atoms with van der Waals surface area (Å²) in [6.45, 7) is 5.13. The van der Waals surface area contributed by atoms with Crippen LogP contribution in [0.5, 0.6) is 0 Å². The van der Waals surface area contributed by atoms with E-state index in [1.807, 2.05) is 6.07 Å². The van der Waals surface area contributed by atoms with Gasteiger partial charge >= 0.3 is 0 Å². The molecule has 5 nitrogen and oxygen atoms in total. The van der Waals surface area contributed by atoms with Crippen molar-refractivity contribution in [3.8, 4) is 6.07 Å². The molecule has 0 spiro atoms. The third kappa shape index (κ3) is 5.58. The largest absolute Gasteiger partial charge is 0.376 e. The van der Waals surface area contributed by atoms with Crippen molar-refractivity contribution in [1.29, 1.82) is 5.26 Å². The van der Waals surface area contributed by atoms with Crippen LogP contribution in [-0.4, -0.2) is 29.9 Å². The number of nitrogens with one attached hydrogen (secondary N) is 2. The predicted octanol–water partition coefficient (Wildman–Crippen LogP) is 3.66. The second-order valence-electron chi connectivity index (χ2n) is 7.40. The Bertz CT molecular complexity index is 825. The fourth-order valence-corrected chi connectivity index (χ4v) is 3.60. The van der Waals surface area contributed by atoms with Gasteiger partial charge in [0, 0.05) is 24.8 Å². The Labute approximate surface area is 167 Å². The van der Waals surface area contributed by atoms with Crippen molar-refractivity contribution in [3.63, 3.8) is 0 Å². The van der Waals surface area contributed by atoms with Crippen LogP contribution in [0.15, 0.2) is 48.5 Å². The lowest BCUT2D eigenvalue weighted by molar-refractivity contribution is -0.119. The van der Waals surface area contributed by atoms with Gasteiger partial charge in [0.2, 0.25) is 5.91 Å². The summed E-state index contributed by atoms with van der Waals surface area (Å²) in [6.07, 6.45) is 3.85. The minimum Gasteiger partial charge on any atom is -0.376 e. The van der Waals surface area contributed by atoms with Gasteiger partial charge in [-0.05, 0) is 61.7 Å². The molecule has 0 saturated carbocycles. The van der Waals surface area contributed by atoms with Gasteiger partial charge in [0.1, 0.15) is 0 Å². The summed E-state index contributed by atoms with van der Waals surface area (Å²) in [5, 5.41) is 14.9. The maximum absolute atomic E-state index is 12.2. The second-order valence-corrected chi connectivity index (χ2v) is 7.40. The van der Waals surface area contributed by atoms with Crippen LogP contribution < -0.4 is 10.6 Å². The smallest absolute Gasteiger partial charge is 0.239 e. The van der Waals surface area contributed by atoms with E-state index in [2.05, 4.69) is 46.7 Å². The molecule has 1 amide bonds. The molecular weight excluding hydrogens is 348 g/mol. The van der Waals surface area contributed by atoms with Crippen molar-refractivity contribution < 1.29 is 4.79 Å². The molecule has 146 valence electrons. The van der Waals surface area contributed by atoms with E-state index < -0.39 is 0 Å². The van der Waals surface area contributed by atoms with Crippen LogP contribution in [0.4, 0.5) is 5.69 Å². The van der Waals surface area contributed by atoms with Crippen LogP contribution in [0.2, 0.25) is 0 Å². The van der Waals surface area contributed by atoms with Crippen LogP contribution in [-0.2, 0) is 17.9 Å². The minimum atomic E-state index is -0.0505. The van der Waals surface area contributed by atoms with Gasteiger partial charge in [0.05, 0.1) is 18.2 Å². The van der Waals surface area contributed by atoms with Gasteiger partial charge in [-0.2, -0.15) is 5.26 Å². The third-order valence-corrected chi connectivity index (χ3v) is 5.38. The zero-order valence-corrected chi connectivity index (χ0v) is 16.4. The van der Waals surface area contributed by atoms with E-state index in [-0.39, 0.29) is 12.5 Å². The molecule has 1 aliphatic heterocycles. The lowest BCUT2D eigenvalue weighted by atomic mass is 10.0. The topological polar surface area (TPSA) is 68.2 Å². The molecule has 0 aliphatic carbocycles. The fraction of sp³-hybridized carbons (Fsp3) is 0.391. The molecule has 1 aliphatic rings. The average Bonchev–Trinajstić information content (AvgIpc) is 2.73. The zero-order chi connectivity index (χ0) is 19.8. The maximum atomic E-state index is 12.2. The van der Waals surface area contributed by atoms with E-state index in [0.29, 0.717) is 18.2 Å². The number of nitrogens with zero attached hydrogens (tertiary/aromatic N) is 2. The first-order chi connectivity index (χ1) is 13.7. The molecule has 1 heterocycles. The van der Waals surface area contributed by atoms with E-state index in [1.54, 1.807) is 24.3 Å². The van der Waals surface area contributed by atoms with Gasteiger partial charge in [-0.3, -0.25) is 9.69 Å². The third-order valence-electron chi connectivity index (χ3n) is 5.38. The molecule has 1 saturated heterocycles. The fourth-order valence-electron chi connectivity index (χ4n) is 3.60. The van der Waals surface area contributed by atoms with E-state index in [4.69, 9.17) is 5.26 Å². The van der Waals surface area contributed by atoms with Crippen molar-refractivity contribution in [2.24, 2.45) is 0 Å². The van der Waals surface area contributed by atoms with Gasteiger partial charge < -0.3 is 10.6 Å². The normalized spacial score (nSPS) is 16.9. The van der Waals surface area contributed by atoms with Crippen LogP contribution in [0.1, 0.15) is 42.9 Å². The lowest BCUT2D eigenvalue weighted by Crippen LogP contribution is -2.37. The summed E-state index contributed by atoms with van der Waals surface area (Å²) in [4.78, 5) is 14.8. The maximum Gasteiger partial charge on any atom is 0.239 e. The van der Waals surface area contributed by atoms with Crippen molar-refractivity contribution in [1.82, 2.24) is 10.2 Å². The first-order valence-electron chi connectivity index (χ1n) is 9.97. The minimum absolute atomic E-state index is 0.0505. The molecule has 3 rings (SSSR count). The number of carbonyl (C=O) groups is 1. The number of carbonyl (C=O) groups excluding carboxylic acids is 1. The number of hydrogen-bond acceptors (Lipinski definition) is 4. The van der Waals surface area contributed by atoms with E-state index in [9.17, 15) is 4.79 Å². The number of likely N-dealkylation sites (tertiary alicyclic amines) is 1. The Hall–Kier alpha value is -2.84. The molecule has 1 atom stereocenters. The highest BCUT2D eigenvalue weighted by atomic mass is 16.1. The number of hydrogen-bond donors (Lipinski definition) is 2. The molecule has 5 heteroatoms. The second kappa shape index (κ2) is 9.91. The first kappa shape index (κ1) is 19.9. The monoisotopic (exact) mass is 376 g/mol. The quantitative estimate of drug-likeness (QED) is 0.774. The molecule has 1 unspecified atom stereocenters. The van der Waals surface area contributed by atoms with Crippen molar-refractivity contribution >= 4 is 11.6 Å². The van der Waals surface area contributed by atoms with E-state index >= 15 is 0 Å². The van der Waals surface area contributed by atoms with Crippen LogP contribution in [0.3, 0.4) is 0 Å². The van der Waals surface area contributed by atoms with Crippen LogP contribution in [0.25, 0.3) is 0 Å². The first-order valence-corrected chi connectivity index (χ1v) is 9.97. The van der Waals surface area contributed by atoms with Gasteiger partial charge in [0.15, 0.2) is 0 Å². The van der Waals surface area contributed by atoms with Crippen molar-refractivity contribution in [2.75, 3.05) is 18.4 Å². The van der Waals surface area contributed by atoms with Crippen molar-refractivity contribution in [3.05, 3.63) is 65.2 Å². The predicted molar refractivity (Wildman–Crippen MR) is 112 cm³/mol. The van der Waals surface area contributed by atoms with Crippen molar-refractivity contribution in [2.45, 2.75) is 45.3 Å². The Kier molecular flexibility index (Phi) is 7.05. The molecule has 0 bridgehead atoms. The molecule has 2 aromatic rings. The van der Waals surface area contributed by atoms with Gasteiger partial charge in [-0.25, -0.2) is 0 Å². The van der Waals surface area contributed by atoms with Crippen LogP contribution in [0, 0.1) is 11.3 Å². The highest BCUT2D eigenvalue weighted by molar-refractivity contribution is 5.80. The number of anilines is 1. The Morgan fingerprint density at radius 2 is 1.89 bits per heavy atom. The standard InChI is InChI=1S/C23H28N4O/c1-18-6-4-5-13-27(18)17-21-8-3-2-7-20(21)15-26-23(28)16-25-22-11-9-19(14-24)10-12-22/h2-3,7-12,18,25H,4-6,13,15-17H2,1H3,(H,26,28). The molecule has 2 N–H and O–H groups in total. The molecule has 2 aromatic carbocycles. The number of nitriles is 1. The number of amides is 1. The molecule has 0 radical (unpaired) electrons. The summed E-state index contributed by atoms with van der Waals surface area (Å²) in [5.74, 6) is -0.0505. The summed E-state index contributed by atoms with van der Waals surface area (Å²) in [7, 11) is 0. The van der Waals surface area contributed by atoms with Gasteiger partial charge in [0.25, 0.3) is 0 Å². The number of piperidine rings is 1. The molecule has 1 fully saturated rings. The molecule has 28 heavy (non-hydrogen) atoms. The van der Waals surface area contributed by atoms with Gasteiger partial charge in [-0.15, -0.1) is 0 Å². The SMILES string of the molecule is CC1CCCCN1Cc1ccccc1CNC(=O)CNc1ccc(C#N)cc1. The number of benzene rings is 2. The highest BCUT2D eigenvalue weighted by Gasteiger charge is 2.19. The molecule has 0 aromatic heterocycles. The Morgan fingerprint density at radius 3 is 2.61 bits per heavy atom. The summed E-state index contributed by atoms with van der Waals surface area (Å²) in [5.41, 5.74) is 3.90. The van der Waals surface area contributed by atoms with E-state index in [0.717, 1.165) is 18.8 Å². The zero-order valence-electron chi connectivity index (χ0n) is 16.4.